The number of imidazole rings is 1. The van der Waals surface area contributed by atoms with Crippen LogP contribution in [0.2, 0.25) is 0 Å². The fourth-order valence-electron chi connectivity index (χ4n) is 2.94. The molecule has 0 spiro atoms. The Bertz CT molecular complexity index is 956. The average Bonchev–Trinajstić information content (AvgIpc) is 3.21. The minimum atomic E-state index is -0.916. The molecule has 8 heteroatoms. The van der Waals surface area contributed by atoms with E-state index >= 15 is 0 Å². The molecule has 0 fully saturated rings. The second-order valence-electron chi connectivity index (χ2n) is 6.64. The summed E-state index contributed by atoms with van der Waals surface area (Å²) in [5.74, 6) is -0.314. The normalized spacial score (nSPS) is 12.2. The zero-order valence-electron chi connectivity index (χ0n) is 15.9. The molecule has 0 aliphatic rings. The van der Waals surface area contributed by atoms with Gasteiger partial charge < -0.3 is 24.8 Å². The van der Waals surface area contributed by atoms with Crippen LogP contribution in [0.5, 0.6) is 0 Å². The number of anilines is 1. The molecular formula is C20H24N4O4. The standard InChI is InChI=1S/C20H24N4O4/c1-13-3-4-16-17(24-7-6-21-12-24)9-18(23-20(16)14(13)2)22-15(10-25)11-28-8-5-19(26)27/h3-4,6-7,9,12,15,25H,5,8,10-11H2,1-2H3,(H,22,23)(H,26,27). The summed E-state index contributed by atoms with van der Waals surface area (Å²) < 4.78 is 7.27. The molecule has 28 heavy (non-hydrogen) atoms. The lowest BCUT2D eigenvalue weighted by Crippen LogP contribution is -2.30. The molecule has 2 aromatic heterocycles. The Morgan fingerprint density at radius 2 is 2.18 bits per heavy atom. The van der Waals surface area contributed by atoms with E-state index in [0.717, 1.165) is 27.7 Å². The van der Waals surface area contributed by atoms with E-state index in [0.29, 0.717) is 5.82 Å². The van der Waals surface area contributed by atoms with Gasteiger partial charge in [0.05, 0.1) is 49.8 Å². The number of hydrogen-bond acceptors (Lipinski definition) is 6. The highest BCUT2D eigenvalue weighted by Gasteiger charge is 2.14. The number of fused-ring (bicyclic) bond motifs is 1. The molecule has 0 aliphatic carbocycles. The molecule has 0 saturated carbocycles. The maximum atomic E-state index is 10.6. The van der Waals surface area contributed by atoms with Crippen LogP contribution >= 0.6 is 0 Å². The van der Waals surface area contributed by atoms with E-state index in [-0.39, 0.29) is 26.2 Å². The van der Waals surface area contributed by atoms with Crippen LogP contribution < -0.4 is 5.32 Å². The quantitative estimate of drug-likeness (QED) is 0.486. The van der Waals surface area contributed by atoms with Gasteiger partial charge in [-0.3, -0.25) is 4.79 Å². The van der Waals surface area contributed by atoms with Crippen LogP contribution in [0.4, 0.5) is 5.82 Å². The third-order valence-electron chi connectivity index (χ3n) is 4.62. The summed E-state index contributed by atoms with van der Waals surface area (Å²) in [6, 6.07) is 5.61. The molecule has 2 heterocycles. The first-order valence-corrected chi connectivity index (χ1v) is 9.06. The van der Waals surface area contributed by atoms with E-state index in [4.69, 9.17) is 14.8 Å². The maximum Gasteiger partial charge on any atom is 0.305 e. The number of carboxylic acids is 1. The molecule has 0 saturated heterocycles. The Balaban J connectivity index is 1.90. The van der Waals surface area contributed by atoms with Crippen molar-refractivity contribution >= 4 is 22.7 Å². The molecule has 3 aromatic rings. The van der Waals surface area contributed by atoms with Gasteiger partial charge in [-0.05, 0) is 25.0 Å². The van der Waals surface area contributed by atoms with E-state index in [2.05, 4.69) is 16.4 Å². The molecule has 0 aliphatic heterocycles. The number of carbonyl (C=O) groups is 1. The Kier molecular flexibility index (Phi) is 6.23. The van der Waals surface area contributed by atoms with Gasteiger partial charge in [0.25, 0.3) is 0 Å². The number of aliphatic hydroxyl groups excluding tert-OH is 1. The lowest BCUT2D eigenvalue weighted by Gasteiger charge is -2.19. The Hall–Kier alpha value is -2.97. The van der Waals surface area contributed by atoms with Gasteiger partial charge in [-0.1, -0.05) is 12.1 Å². The van der Waals surface area contributed by atoms with Crippen molar-refractivity contribution in [2.24, 2.45) is 0 Å². The van der Waals surface area contributed by atoms with E-state index in [1.54, 1.807) is 12.5 Å². The third-order valence-corrected chi connectivity index (χ3v) is 4.62. The second-order valence-corrected chi connectivity index (χ2v) is 6.64. The molecule has 8 nitrogen and oxygen atoms in total. The van der Waals surface area contributed by atoms with Crippen molar-refractivity contribution in [2.45, 2.75) is 26.3 Å². The van der Waals surface area contributed by atoms with Crippen molar-refractivity contribution in [3.8, 4) is 5.69 Å². The number of nitrogens with one attached hydrogen (secondary N) is 1. The van der Waals surface area contributed by atoms with E-state index < -0.39 is 12.0 Å². The van der Waals surface area contributed by atoms with Gasteiger partial charge in [0.1, 0.15) is 5.82 Å². The van der Waals surface area contributed by atoms with E-state index in [1.165, 1.54) is 0 Å². The van der Waals surface area contributed by atoms with Crippen molar-refractivity contribution in [1.29, 1.82) is 0 Å². The summed E-state index contributed by atoms with van der Waals surface area (Å²) in [6.45, 7) is 4.18. The summed E-state index contributed by atoms with van der Waals surface area (Å²) >= 11 is 0. The van der Waals surface area contributed by atoms with Crippen LogP contribution in [0, 0.1) is 13.8 Å². The number of hydrogen-bond donors (Lipinski definition) is 3. The fraction of sp³-hybridized carbons (Fsp3) is 0.350. The summed E-state index contributed by atoms with van der Waals surface area (Å²) in [4.78, 5) is 19.5. The minimum absolute atomic E-state index is 0.0738. The van der Waals surface area contributed by atoms with Gasteiger partial charge in [0.15, 0.2) is 0 Å². The number of aliphatic hydroxyl groups is 1. The SMILES string of the molecule is Cc1ccc2c(-n3ccnc3)cc(NC(CO)COCCC(=O)O)nc2c1C. The number of rotatable bonds is 9. The molecule has 0 amide bonds. The number of nitrogens with zero attached hydrogens (tertiary/aromatic N) is 3. The molecule has 1 atom stereocenters. The number of ether oxygens (including phenoxy) is 1. The Morgan fingerprint density at radius 3 is 2.86 bits per heavy atom. The van der Waals surface area contributed by atoms with E-state index in [1.807, 2.05) is 36.7 Å². The summed E-state index contributed by atoms with van der Waals surface area (Å²) in [5, 5.41) is 22.5. The van der Waals surface area contributed by atoms with Crippen molar-refractivity contribution in [2.75, 3.05) is 25.1 Å². The Labute approximate surface area is 162 Å². The van der Waals surface area contributed by atoms with Crippen LogP contribution in [0.25, 0.3) is 16.6 Å². The molecule has 3 N–H and O–H groups in total. The predicted molar refractivity (Wildman–Crippen MR) is 106 cm³/mol. The number of aliphatic carboxylic acids is 1. The molecule has 148 valence electrons. The molecule has 0 radical (unpaired) electrons. The van der Waals surface area contributed by atoms with Gasteiger partial charge >= 0.3 is 5.97 Å². The highest BCUT2D eigenvalue weighted by molar-refractivity contribution is 5.91. The Morgan fingerprint density at radius 1 is 1.36 bits per heavy atom. The van der Waals surface area contributed by atoms with Crippen molar-refractivity contribution < 1.29 is 19.7 Å². The zero-order valence-corrected chi connectivity index (χ0v) is 15.9. The monoisotopic (exact) mass is 384 g/mol. The van der Waals surface area contributed by atoms with Crippen molar-refractivity contribution in [1.82, 2.24) is 14.5 Å². The van der Waals surface area contributed by atoms with Gasteiger partial charge in [-0.25, -0.2) is 9.97 Å². The van der Waals surface area contributed by atoms with Crippen molar-refractivity contribution in [3.05, 3.63) is 48.0 Å². The first kappa shape index (κ1) is 19.8. The largest absolute Gasteiger partial charge is 0.481 e. The topological polar surface area (TPSA) is 110 Å². The van der Waals surface area contributed by atoms with Gasteiger partial charge in [0, 0.05) is 23.8 Å². The van der Waals surface area contributed by atoms with Crippen LogP contribution in [0.3, 0.4) is 0 Å². The van der Waals surface area contributed by atoms with Crippen LogP contribution in [0.1, 0.15) is 17.5 Å². The lowest BCUT2D eigenvalue weighted by molar-refractivity contribution is -0.138. The maximum absolute atomic E-state index is 10.6. The second kappa shape index (κ2) is 8.81. The number of aromatic nitrogens is 3. The molecular weight excluding hydrogens is 360 g/mol. The number of aryl methyl sites for hydroxylation is 2. The third kappa shape index (κ3) is 4.47. The van der Waals surface area contributed by atoms with Crippen LogP contribution in [0.15, 0.2) is 36.9 Å². The molecule has 3 rings (SSSR count). The minimum Gasteiger partial charge on any atom is -0.481 e. The van der Waals surface area contributed by atoms with Gasteiger partial charge in [0.2, 0.25) is 0 Å². The van der Waals surface area contributed by atoms with Gasteiger partial charge in [-0.2, -0.15) is 0 Å². The first-order valence-electron chi connectivity index (χ1n) is 9.06. The van der Waals surface area contributed by atoms with Crippen molar-refractivity contribution in [3.63, 3.8) is 0 Å². The number of benzene rings is 1. The zero-order chi connectivity index (χ0) is 20.1. The number of carboxylic acid groups (broad SMARTS) is 1. The lowest BCUT2D eigenvalue weighted by atomic mass is 10.0. The summed E-state index contributed by atoms with van der Waals surface area (Å²) in [7, 11) is 0. The molecule has 0 bridgehead atoms. The van der Waals surface area contributed by atoms with Crippen LogP contribution in [-0.4, -0.2) is 56.6 Å². The summed E-state index contributed by atoms with van der Waals surface area (Å²) in [5.41, 5.74) is 4.03. The molecule has 1 aromatic carbocycles. The summed E-state index contributed by atoms with van der Waals surface area (Å²) in [6.07, 6.45) is 5.24. The fourth-order valence-corrected chi connectivity index (χ4v) is 2.94. The molecule has 1 unspecified atom stereocenters. The first-order chi connectivity index (χ1) is 13.5. The smallest absolute Gasteiger partial charge is 0.305 e. The van der Waals surface area contributed by atoms with E-state index in [9.17, 15) is 9.90 Å². The predicted octanol–water partition coefficient (Wildman–Crippen LogP) is 2.30. The average molecular weight is 384 g/mol. The number of pyridine rings is 1. The highest BCUT2D eigenvalue weighted by atomic mass is 16.5. The van der Waals surface area contributed by atoms with Gasteiger partial charge in [-0.15, -0.1) is 0 Å². The highest BCUT2D eigenvalue weighted by Crippen LogP contribution is 2.28. The van der Waals surface area contributed by atoms with Crippen LogP contribution in [-0.2, 0) is 9.53 Å².